The van der Waals surface area contributed by atoms with Crippen LogP contribution in [0, 0.1) is 11.7 Å². The second kappa shape index (κ2) is 11.4. The third kappa shape index (κ3) is 5.85. The van der Waals surface area contributed by atoms with Gasteiger partial charge in [0, 0.05) is 30.0 Å². The van der Waals surface area contributed by atoms with E-state index >= 15 is 0 Å². The number of halogens is 2. The summed E-state index contributed by atoms with van der Waals surface area (Å²) < 4.78 is 20.6. The molecule has 0 aliphatic carbocycles. The van der Waals surface area contributed by atoms with Crippen LogP contribution >= 0.6 is 0 Å². The molecule has 3 aromatic rings. The van der Waals surface area contributed by atoms with Crippen molar-refractivity contribution in [1.29, 1.82) is 0 Å². The molecule has 0 aromatic heterocycles. The van der Waals surface area contributed by atoms with E-state index in [0.29, 0.717) is 29.2 Å². The Balaban J connectivity index is 0.00000304. The molecule has 2 atom stereocenters. The summed E-state index contributed by atoms with van der Waals surface area (Å²) in [4.78, 5) is 26.5. The molecule has 5 nitrogen and oxygen atoms in total. The maximum absolute atomic E-state index is 13.8. The van der Waals surface area contributed by atoms with Gasteiger partial charge in [0.25, 0.3) is 0 Å². The number of ether oxygens (including phenoxy) is 1. The quantitative estimate of drug-likeness (QED) is 0.264. The van der Waals surface area contributed by atoms with E-state index in [-0.39, 0.29) is 40.7 Å². The van der Waals surface area contributed by atoms with Crippen LogP contribution in [0.1, 0.15) is 34.8 Å². The van der Waals surface area contributed by atoms with Crippen LogP contribution in [-0.2, 0) is 9.53 Å². The third-order valence-corrected chi connectivity index (χ3v) is 7.39. The number of ketones is 1. The van der Waals surface area contributed by atoms with Crippen LogP contribution in [-0.4, -0.2) is 48.5 Å². The minimum atomic E-state index is -0.757. The Labute approximate surface area is 221 Å². The molecule has 3 heterocycles. The molecule has 3 aliphatic rings. The van der Waals surface area contributed by atoms with Gasteiger partial charge in [0.05, 0.1) is 13.1 Å². The molecule has 1 unspecified atom stereocenters. The highest BCUT2D eigenvalue weighted by atomic mass is 79.9. The molecule has 0 spiro atoms. The number of hydrogen-bond acceptors (Lipinski definition) is 4. The number of carbonyl (C=O) groups excluding carboxylic acids is 2. The molecule has 36 heavy (non-hydrogen) atoms. The third-order valence-electron chi connectivity index (χ3n) is 7.39. The summed E-state index contributed by atoms with van der Waals surface area (Å²) in [5, 5.41) is 3.16. The van der Waals surface area contributed by atoms with Crippen molar-refractivity contribution in [3.8, 4) is 0 Å². The van der Waals surface area contributed by atoms with Crippen molar-refractivity contribution < 1.29 is 40.2 Å². The molecule has 7 heteroatoms. The number of benzene rings is 3. The number of esters is 1. The van der Waals surface area contributed by atoms with Crippen LogP contribution in [0.5, 0.6) is 0 Å². The molecular formula is C29H30BrFN2O3. The van der Waals surface area contributed by atoms with Gasteiger partial charge in [-0.15, -0.1) is 0 Å². The highest BCUT2D eigenvalue weighted by Gasteiger charge is 2.49. The lowest BCUT2D eigenvalue weighted by Gasteiger charge is -2.51. The van der Waals surface area contributed by atoms with Gasteiger partial charge in [-0.25, -0.2) is 9.18 Å². The van der Waals surface area contributed by atoms with Crippen LogP contribution in [0.15, 0.2) is 84.9 Å². The van der Waals surface area contributed by atoms with Crippen molar-refractivity contribution in [3.05, 3.63) is 102 Å². The monoisotopic (exact) mass is 552 g/mol. The second-order valence-corrected chi connectivity index (χ2v) is 9.73. The highest BCUT2D eigenvalue weighted by molar-refractivity contribution is 5.97. The van der Waals surface area contributed by atoms with E-state index in [2.05, 4.69) is 5.32 Å². The number of rotatable bonds is 8. The fraction of sp³-hybridized carbons (Fsp3) is 0.310. The number of nitrogens with one attached hydrogen (secondary N) is 1. The Kier molecular flexibility index (Phi) is 8.21. The van der Waals surface area contributed by atoms with E-state index in [0.717, 1.165) is 37.1 Å². The maximum atomic E-state index is 13.8. The Morgan fingerprint density at radius 2 is 1.61 bits per heavy atom. The first-order valence-electron chi connectivity index (χ1n) is 12.2. The van der Waals surface area contributed by atoms with Crippen LogP contribution in [0.2, 0.25) is 0 Å². The Hall–Kier alpha value is -3.03. The highest BCUT2D eigenvalue weighted by Crippen LogP contribution is 2.36. The molecule has 6 rings (SSSR count). The van der Waals surface area contributed by atoms with Gasteiger partial charge in [-0.3, -0.25) is 4.79 Å². The van der Waals surface area contributed by atoms with Gasteiger partial charge in [-0.2, -0.15) is 0 Å². The van der Waals surface area contributed by atoms with Gasteiger partial charge in [0.2, 0.25) is 5.78 Å². The largest absolute Gasteiger partial charge is 1.00 e. The van der Waals surface area contributed by atoms with Gasteiger partial charge in [0.1, 0.15) is 18.9 Å². The van der Waals surface area contributed by atoms with Crippen LogP contribution in [0.3, 0.4) is 0 Å². The molecule has 3 aromatic carbocycles. The number of anilines is 1. The zero-order chi connectivity index (χ0) is 24.3. The summed E-state index contributed by atoms with van der Waals surface area (Å²) >= 11 is 0. The van der Waals surface area contributed by atoms with E-state index < -0.39 is 6.04 Å². The molecular weight excluding hydrogens is 523 g/mol. The van der Waals surface area contributed by atoms with Crippen molar-refractivity contribution in [3.63, 3.8) is 0 Å². The molecule has 0 saturated carbocycles. The van der Waals surface area contributed by atoms with Gasteiger partial charge in [-0.1, -0.05) is 66.7 Å². The average Bonchev–Trinajstić information content (AvgIpc) is 2.89. The van der Waals surface area contributed by atoms with Gasteiger partial charge in [-0.05, 0) is 23.8 Å². The maximum Gasteiger partial charge on any atom is 0.333 e. The number of Topliss-reactive ketones (excluding diaryl/α,β-unsaturated/α-hetero) is 1. The van der Waals surface area contributed by atoms with Crippen molar-refractivity contribution in [2.24, 2.45) is 5.92 Å². The Morgan fingerprint density at radius 3 is 2.28 bits per heavy atom. The van der Waals surface area contributed by atoms with Crippen molar-refractivity contribution >= 4 is 17.4 Å². The fourth-order valence-electron chi connectivity index (χ4n) is 5.48. The number of nitrogens with zero attached hydrogens (tertiary/aromatic N) is 1. The topological polar surface area (TPSA) is 55.4 Å². The molecule has 3 aliphatic heterocycles. The van der Waals surface area contributed by atoms with E-state index in [1.165, 1.54) is 12.1 Å². The molecule has 3 fully saturated rings. The zero-order valence-electron chi connectivity index (χ0n) is 20.0. The fourth-order valence-corrected chi connectivity index (χ4v) is 5.48. The van der Waals surface area contributed by atoms with Gasteiger partial charge in [0.15, 0.2) is 12.1 Å². The first-order chi connectivity index (χ1) is 17.0. The molecule has 1 N–H and O–H groups in total. The summed E-state index contributed by atoms with van der Waals surface area (Å²) in [7, 11) is 0. The zero-order valence-corrected chi connectivity index (χ0v) is 21.6. The Morgan fingerprint density at radius 1 is 0.944 bits per heavy atom. The summed E-state index contributed by atoms with van der Waals surface area (Å²) in [6.07, 6.45) is 1.63. The number of hydrogen-bond donors (Lipinski definition) is 1. The minimum Gasteiger partial charge on any atom is -1.00 e. The van der Waals surface area contributed by atoms with Gasteiger partial charge >= 0.3 is 5.97 Å². The number of carbonyl (C=O) groups is 2. The van der Waals surface area contributed by atoms with Crippen molar-refractivity contribution in [2.45, 2.75) is 25.0 Å². The first kappa shape index (κ1) is 26.0. The smallest absolute Gasteiger partial charge is 0.333 e. The lowest BCUT2D eigenvalue weighted by molar-refractivity contribution is -0.938. The summed E-state index contributed by atoms with van der Waals surface area (Å²) in [6.45, 7) is 2.94. The number of quaternary nitrogens is 1. The van der Waals surface area contributed by atoms with Crippen molar-refractivity contribution in [2.75, 3.05) is 31.5 Å². The van der Waals surface area contributed by atoms with E-state index in [1.54, 1.807) is 12.1 Å². The summed E-state index contributed by atoms with van der Waals surface area (Å²) in [6, 6.07) is 24.1. The van der Waals surface area contributed by atoms with Crippen LogP contribution in [0.25, 0.3) is 0 Å². The molecule has 0 radical (unpaired) electrons. The SMILES string of the molecule is O=C(C[N+]12CCC(CC1)[C@@H](OC(=O)C(Nc1cccc(F)c1)c1ccccc1)C2)c1ccccc1.[Br-]. The average molecular weight is 553 g/mol. The van der Waals surface area contributed by atoms with Crippen LogP contribution in [0.4, 0.5) is 10.1 Å². The Bertz CT molecular complexity index is 1180. The minimum absolute atomic E-state index is 0. The van der Waals surface area contributed by atoms with Crippen molar-refractivity contribution in [1.82, 2.24) is 0 Å². The van der Waals surface area contributed by atoms with E-state index in [9.17, 15) is 14.0 Å². The molecule has 188 valence electrons. The van der Waals surface area contributed by atoms with Gasteiger partial charge < -0.3 is 31.5 Å². The first-order valence-corrected chi connectivity index (χ1v) is 12.2. The standard InChI is InChI=1S/C29H30FN2O3.BrH/c30-24-12-7-13-25(18-24)31-28(23-10-5-2-6-11-23)29(34)35-27-20-32(16-14-22(27)15-17-32)19-26(33)21-8-3-1-4-9-21;/h1-13,18,22,27-28,31H,14-17,19-20H2;1H/q+1;/p-1/t22?,27-,28?,32?;/m0./s1. The summed E-state index contributed by atoms with van der Waals surface area (Å²) in [5.74, 6) is -0.323. The molecule has 3 saturated heterocycles. The molecule has 0 amide bonds. The van der Waals surface area contributed by atoms with E-state index in [4.69, 9.17) is 4.74 Å². The van der Waals surface area contributed by atoms with E-state index in [1.807, 2.05) is 60.7 Å². The lowest BCUT2D eigenvalue weighted by Crippen LogP contribution is -3.00. The number of piperidine rings is 3. The number of fused-ring (bicyclic) bond motifs is 3. The van der Waals surface area contributed by atoms with Crippen LogP contribution < -0.4 is 22.3 Å². The molecule has 2 bridgehead atoms. The summed E-state index contributed by atoms with van der Waals surface area (Å²) in [5.41, 5.74) is 2.00. The predicted octanol–water partition coefficient (Wildman–Crippen LogP) is 2.02. The second-order valence-electron chi connectivity index (χ2n) is 9.73. The lowest BCUT2D eigenvalue weighted by atomic mass is 9.82. The normalized spacial score (nSPS) is 23.2. The predicted molar refractivity (Wildman–Crippen MR) is 132 cm³/mol.